The zero-order chi connectivity index (χ0) is 13.4. The van der Waals surface area contributed by atoms with Crippen LogP contribution in [0, 0.1) is 0 Å². The van der Waals surface area contributed by atoms with Gasteiger partial charge in [-0.15, -0.1) is 0 Å². The van der Waals surface area contributed by atoms with E-state index in [1.165, 1.54) is 0 Å². The Balaban J connectivity index is 2.45. The molecule has 4 heteroatoms. The van der Waals surface area contributed by atoms with Gasteiger partial charge in [0.2, 0.25) is 0 Å². The van der Waals surface area contributed by atoms with Crippen LogP contribution in [0.25, 0.3) is 0 Å². The van der Waals surface area contributed by atoms with Crippen LogP contribution in [0.1, 0.15) is 32.4 Å². The topological polar surface area (TPSA) is 48.4 Å². The molecule has 0 aliphatic carbocycles. The Bertz CT molecular complexity index is 342. The molecule has 0 saturated carbocycles. The van der Waals surface area contributed by atoms with Gasteiger partial charge in [0.25, 0.3) is 0 Å². The fourth-order valence-electron chi connectivity index (χ4n) is 1.71. The van der Waals surface area contributed by atoms with Crippen molar-refractivity contribution in [2.45, 2.75) is 39.3 Å². The van der Waals surface area contributed by atoms with Gasteiger partial charge in [-0.3, -0.25) is 4.98 Å². The molecule has 1 rings (SSSR count). The van der Waals surface area contributed by atoms with E-state index in [0.29, 0.717) is 0 Å². The average molecular weight is 251 g/mol. The van der Waals surface area contributed by atoms with Crippen LogP contribution in [-0.4, -0.2) is 41.2 Å². The molecule has 0 amide bonds. The minimum absolute atomic E-state index is 0.238. The zero-order valence-corrected chi connectivity index (χ0v) is 11.7. The molecular formula is C14H25N3O. The lowest BCUT2D eigenvalue weighted by Crippen LogP contribution is -2.22. The molecule has 1 heterocycles. The lowest BCUT2D eigenvalue weighted by molar-refractivity contribution is 0.162. The van der Waals surface area contributed by atoms with Crippen molar-refractivity contribution in [3.63, 3.8) is 0 Å². The van der Waals surface area contributed by atoms with Crippen LogP contribution < -0.4 is 5.32 Å². The molecule has 1 aromatic rings. The van der Waals surface area contributed by atoms with Crippen LogP contribution in [0.5, 0.6) is 0 Å². The van der Waals surface area contributed by atoms with Gasteiger partial charge >= 0.3 is 0 Å². The van der Waals surface area contributed by atoms with E-state index in [9.17, 15) is 5.11 Å². The van der Waals surface area contributed by atoms with E-state index < -0.39 is 0 Å². The normalized spacial score (nSPS) is 12.7. The molecule has 2 N–H and O–H groups in total. The minimum Gasteiger partial charge on any atom is -0.393 e. The molecule has 0 aliphatic rings. The summed E-state index contributed by atoms with van der Waals surface area (Å²) >= 11 is 0. The predicted octanol–water partition coefficient (Wildman–Crippen LogP) is 2.11. The van der Waals surface area contributed by atoms with Gasteiger partial charge in [-0.1, -0.05) is 6.92 Å². The lowest BCUT2D eigenvalue weighted by atomic mass is 10.2. The van der Waals surface area contributed by atoms with Crippen molar-refractivity contribution in [3.05, 3.63) is 24.0 Å². The molecule has 0 spiro atoms. The maximum absolute atomic E-state index is 9.26. The summed E-state index contributed by atoms with van der Waals surface area (Å²) in [6, 6.07) is 4.09. The van der Waals surface area contributed by atoms with Gasteiger partial charge in [0.05, 0.1) is 11.8 Å². The maximum Gasteiger partial charge on any atom is 0.0564 e. The van der Waals surface area contributed by atoms with Crippen LogP contribution in [0.4, 0.5) is 5.69 Å². The minimum atomic E-state index is -0.238. The highest BCUT2D eigenvalue weighted by atomic mass is 16.3. The number of rotatable bonds is 8. The van der Waals surface area contributed by atoms with E-state index in [2.05, 4.69) is 35.2 Å². The first-order valence-electron chi connectivity index (χ1n) is 6.67. The van der Waals surface area contributed by atoms with Crippen LogP contribution in [0.2, 0.25) is 0 Å². The monoisotopic (exact) mass is 251 g/mol. The highest BCUT2D eigenvalue weighted by Gasteiger charge is 2.04. The largest absolute Gasteiger partial charge is 0.393 e. The SMILES string of the molecule is CCCNc1ccnc(CN(C)CCC(C)O)c1. The third-order valence-electron chi connectivity index (χ3n) is 2.76. The van der Waals surface area contributed by atoms with Crippen molar-refractivity contribution >= 4 is 5.69 Å². The standard InChI is InChI=1S/C14H25N3O/c1-4-7-15-13-5-8-16-14(10-13)11-17(3)9-6-12(2)18/h5,8,10,12,18H,4,6-7,9,11H2,1-3H3,(H,15,16). The Morgan fingerprint density at radius 2 is 2.28 bits per heavy atom. The molecule has 0 fully saturated rings. The van der Waals surface area contributed by atoms with E-state index in [0.717, 1.165) is 43.9 Å². The van der Waals surface area contributed by atoms with E-state index in [1.54, 1.807) is 0 Å². The summed E-state index contributed by atoms with van der Waals surface area (Å²) in [5, 5.41) is 12.6. The lowest BCUT2D eigenvalue weighted by Gasteiger charge is -2.17. The first kappa shape index (κ1) is 14.9. The first-order valence-corrected chi connectivity index (χ1v) is 6.67. The van der Waals surface area contributed by atoms with Crippen molar-refractivity contribution in [1.29, 1.82) is 0 Å². The second-order valence-electron chi connectivity index (χ2n) is 4.84. The predicted molar refractivity (Wildman–Crippen MR) is 75.6 cm³/mol. The van der Waals surface area contributed by atoms with Crippen molar-refractivity contribution in [1.82, 2.24) is 9.88 Å². The Labute approximate surface area is 110 Å². The first-order chi connectivity index (χ1) is 8.61. The highest BCUT2D eigenvalue weighted by molar-refractivity contribution is 5.43. The highest BCUT2D eigenvalue weighted by Crippen LogP contribution is 2.09. The summed E-state index contributed by atoms with van der Waals surface area (Å²) < 4.78 is 0. The molecule has 18 heavy (non-hydrogen) atoms. The molecule has 1 aromatic heterocycles. The van der Waals surface area contributed by atoms with Crippen LogP contribution in [-0.2, 0) is 6.54 Å². The Kier molecular flexibility index (Phi) is 6.68. The van der Waals surface area contributed by atoms with Crippen molar-refractivity contribution in [2.24, 2.45) is 0 Å². The second-order valence-corrected chi connectivity index (χ2v) is 4.84. The van der Waals surface area contributed by atoms with E-state index in [4.69, 9.17) is 0 Å². The number of aliphatic hydroxyl groups excluding tert-OH is 1. The summed E-state index contributed by atoms with van der Waals surface area (Å²) in [5.41, 5.74) is 2.19. The zero-order valence-electron chi connectivity index (χ0n) is 11.7. The van der Waals surface area contributed by atoms with E-state index in [1.807, 2.05) is 19.2 Å². The molecule has 0 aromatic carbocycles. The smallest absolute Gasteiger partial charge is 0.0564 e. The molecular weight excluding hydrogens is 226 g/mol. The number of hydrogen-bond acceptors (Lipinski definition) is 4. The molecule has 0 aliphatic heterocycles. The number of aromatic nitrogens is 1. The number of hydrogen-bond donors (Lipinski definition) is 2. The fraction of sp³-hybridized carbons (Fsp3) is 0.643. The molecule has 4 nitrogen and oxygen atoms in total. The third kappa shape index (κ3) is 5.98. The molecule has 0 bridgehead atoms. The van der Waals surface area contributed by atoms with Crippen LogP contribution >= 0.6 is 0 Å². The number of anilines is 1. The summed E-state index contributed by atoms with van der Waals surface area (Å²) in [6.07, 6.45) is 3.52. The average Bonchev–Trinajstić information content (AvgIpc) is 2.34. The van der Waals surface area contributed by atoms with Crippen LogP contribution in [0.3, 0.4) is 0 Å². The summed E-state index contributed by atoms with van der Waals surface area (Å²) in [4.78, 5) is 6.55. The Morgan fingerprint density at radius 1 is 1.50 bits per heavy atom. The van der Waals surface area contributed by atoms with Crippen molar-refractivity contribution in [3.8, 4) is 0 Å². The second kappa shape index (κ2) is 8.06. The van der Waals surface area contributed by atoms with E-state index >= 15 is 0 Å². The molecule has 0 radical (unpaired) electrons. The van der Waals surface area contributed by atoms with Gasteiger partial charge < -0.3 is 15.3 Å². The number of pyridine rings is 1. The molecule has 102 valence electrons. The molecule has 1 atom stereocenters. The Morgan fingerprint density at radius 3 is 2.94 bits per heavy atom. The van der Waals surface area contributed by atoms with Gasteiger partial charge in [-0.25, -0.2) is 0 Å². The molecule has 1 unspecified atom stereocenters. The van der Waals surface area contributed by atoms with Gasteiger partial charge in [0.15, 0.2) is 0 Å². The van der Waals surface area contributed by atoms with Gasteiger partial charge in [0, 0.05) is 31.5 Å². The third-order valence-corrected chi connectivity index (χ3v) is 2.76. The molecule has 0 saturated heterocycles. The summed E-state index contributed by atoms with van der Waals surface area (Å²) in [7, 11) is 2.05. The van der Waals surface area contributed by atoms with E-state index in [-0.39, 0.29) is 6.10 Å². The van der Waals surface area contributed by atoms with Crippen molar-refractivity contribution in [2.75, 3.05) is 25.5 Å². The number of nitrogens with one attached hydrogen (secondary N) is 1. The van der Waals surface area contributed by atoms with Crippen molar-refractivity contribution < 1.29 is 5.11 Å². The number of nitrogens with zero attached hydrogens (tertiary/aromatic N) is 2. The quantitative estimate of drug-likeness (QED) is 0.743. The van der Waals surface area contributed by atoms with Gasteiger partial charge in [0.1, 0.15) is 0 Å². The van der Waals surface area contributed by atoms with Gasteiger partial charge in [-0.2, -0.15) is 0 Å². The Hall–Kier alpha value is -1.13. The fourth-order valence-corrected chi connectivity index (χ4v) is 1.71. The van der Waals surface area contributed by atoms with Gasteiger partial charge in [-0.05, 0) is 38.9 Å². The summed E-state index contributed by atoms with van der Waals surface area (Å²) in [5.74, 6) is 0. The maximum atomic E-state index is 9.26. The van der Waals surface area contributed by atoms with Crippen LogP contribution in [0.15, 0.2) is 18.3 Å². The summed E-state index contributed by atoms with van der Waals surface area (Å²) in [6.45, 7) is 6.65. The number of aliphatic hydroxyl groups is 1.